The van der Waals surface area contributed by atoms with Gasteiger partial charge in [-0.15, -0.1) is 0 Å². The summed E-state index contributed by atoms with van der Waals surface area (Å²) in [6.07, 6.45) is 0.741. The van der Waals surface area contributed by atoms with Crippen LogP contribution in [0.2, 0.25) is 0 Å². The molecular formula is C15H20N4O4. The molecule has 1 aliphatic carbocycles. The van der Waals surface area contributed by atoms with E-state index in [2.05, 4.69) is 15.3 Å². The standard InChI is InChI=1S/C15H20N4O4/c1-8-5-11(23-9(2)20)14-12(8)13(17-7-18-14)10-6-16-3-4-19(10)15(21)22/h7-8,10-11,16H,3-6H2,1-2H3,(H,21,22)/t8-,10?,11+/m1/s1. The zero-order valence-electron chi connectivity index (χ0n) is 13.2. The number of fused-ring (bicyclic) bond motifs is 1. The van der Waals surface area contributed by atoms with E-state index in [0.29, 0.717) is 37.4 Å². The molecule has 0 aromatic carbocycles. The highest BCUT2D eigenvalue weighted by Crippen LogP contribution is 2.44. The lowest BCUT2D eigenvalue weighted by molar-refractivity contribution is -0.146. The van der Waals surface area contributed by atoms with Crippen LogP contribution in [0.4, 0.5) is 4.79 Å². The summed E-state index contributed by atoms with van der Waals surface area (Å²) in [5.41, 5.74) is 2.33. The Hall–Kier alpha value is -2.22. The number of nitrogens with zero attached hydrogens (tertiary/aromatic N) is 3. The predicted octanol–water partition coefficient (Wildman–Crippen LogP) is 1.21. The van der Waals surface area contributed by atoms with E-state index in [0.717, 1.165) is 5.56 Å². The normalized spacial score (nSPS) is 26.7. The van der Waals surface area contributed by atoms with Crippen LogP contribution < -0.4 is 5.32 Å². The SMILES string of the molecule is CC(=O)O[C@H]1C[C@@H](C)c2c(C3CNCCN3C(=O)O)ncnc21. The summed E-state index contributed by atoms with van der Waals surface area (Å²) in [7, 11) is 0. The van der Waals surface area contributed by atoms with Crippen molar-refractivity contribution in [2.24, 2.45) is 0 Å². The average molecular weight is 320 g/mol. The van der Waals surface area contributed by atoms with E-state index in [9.17, 15) is 14.7 Å². The van der Waals surface area contributed by atoms with Gasteiger partial charge in [-0.25, -0.2) is 14.8 Å². The Labute approximate surface area is 133 Å². The van der Waals surface area contributed by atoms with Gasteiger partial charge in [0, 0.05) is 32.1 Å². The fraction of sp³-hybridized carbons (Fsp3) is 0.600. The second kappa shape index (κ2) is 6.11. The number of carbonyl (C=O) groups is 2. The van der Waals surface area contributed by atoms with Crippen LogP contribution in [0.15, 0.2) is 6.33 Å². The van der Waals surface area contributed by atoms with Crippen LogP contribution in [0.5, 0.6) is 0 Å². The fourth-order valence-electron chi connectivity index (χ4n) is 3.48. The van der Waals surface area contributed by atoms with Gasteiger partial charge in [0.2, 0.25) is 0 Å². The van der Waals surface area contributed by atoms with Crippen LogP contribution in [-0.2, 0) is 9.53 Å². The minimum atomic E-state index is -0.953. The van der Waals surface area contributed by atoms with Gasteiger partial charge >= 0.3 is 12.1 Å². The molecule has 2 N–H and O–H groups in total. The monoisotopic (exact) mass is 320 g/mol. The third kappa shape index (κ3) is 2.86. The first kappa shape index (κ1) is 15.7. The molecule has 1 saturated heterocycles. The quantitative estimate of drug-likeness (QED) is 0.789. The summed E-state index contributed by atoms with van der Waals surface area (Å²) in [6.45, 7) is 4.96. The predicted molar refractivity (Wildman–Crippen MR) is 79.9 cm³/mol. The number of amides is 1. The topological polar surface area (TPSA) is 105 Å². The minimum absolute atomic E-state index is 0.114. The van der Waals surface area contributed by atoms with Crippen LogP contribution in [0.3, 0.4) is 0 Å². The molecule has 0 saturated carbocycles. The number of nitrogens with one attached hydrogen (secondary N) is 1. The van der Waals surface area contributed by atoms with Crippen LogP contribution in [0.25, 0.3) is 0 Å². The molecule has 0 spiro atoms. The maximum absolute atomic E-state index is 11.5. The van der Waals surface area contributed by atoms with Gasteiger partial charge in [-0.1, -0.05) is 6.92 Å². The summed E-state index contributed by atoms with van der Waals surface area (Å²) < 4.78 is 5.35. The zero-order valence-corrected chi connectivity index (χ0v) is 13.2. The maximum atomic E-state index is 11.5. The Morgan fingerprint density at radius 2 is 2.13 bits per heavy atom. The summed E-state index contributed by atoms with van der Waals surface area (Å²) >= 11 is 0. The van der Waals surface area contributed by atoms with E-state index in [1.165, 1.54) is 18.2 Å². The lowest BCUT2D eigenvalue weighted by Gasteiger charge is -2.34. The van der Waals surface area contributed by atoms with Crippen LogP contribution in [0, 0.1) is 0 Å². The smallest absolute Gasteiger partial charge is 0.407 e. The summed E-state index contributed by atoms with van der Waals surface area (Å²) in [4.78, 5) is 32.9. The van der Waals surface area contributed by atoms with Crippen molar-refractivity contribution in [3.63, 3.8) is 0 Å². The van der Waals surface area contributed by atoms with Crippen molar-refractivity contribution in [1.82, 2.24) is 20.2 Å². The van der Waals surface area contributed by atoms with Crippen molar-refractivity contribution in [2.45, 2.75) is 38.3 Å². The molecule has 1 aromatic heterocycles. The van der Waals surface area contributed by atoms with Gasteiger partial charge in [0.1, 0.15) is 12.4 Å². The number of esters is 1. The molecule has 3 rings (SSSR count). The Bertz CT molecular complexity index is 636. The maximum Gasteiger partial charge on any atom is 0.407 e. The fourth-order valence-corrected chi connectivity index (χ4v) is 3.48. The molecule has 1 amide bonds. The van der Waals surface area contributed by atoms with Crippen molar-refractivity contribution in [3.8, 4) is 0 Å². The van der Waals surface area contributed by atoms with E-state index >= 15 is 0 Å². The summed E-state index contributed by atoms with van der Waals surface area (Å²) in [6, 6.07) is -0.350. The number of carboxylic acid groups (broad SMARTS) is 1. The number of piperazine rings is 1. The molecular weight excluding hydrogens is 300 g/mol. The van der Waals surface area contributed by atoms with Gasteiger partial charge in [-0.2, -0.15) is 0 Å². The Kier molecular flexibility index (Phi) is 4.16. The van der Waals surface area contributed by atoms with E-state index in [-0.39, 0.29) is 24.0 Å². The van der Waals surface area contributed by atoms with Gasteiger partial charge in [-0.3, -0.25) is 9.69 Å². The minimum Gasteiger partial charge on any atom is -0.465 e. The molecule has 2 heterocycles. The second-order valence-corrected chi connectivity index (χ2v) is 5.99. The second-order valence-electron chi connectivity index (χ2n) is 5.99. The number of hydrogen-bond donors (Lipinski definition) is 2. The third-order valence-corrected chi connectivity index (χ3v) is 4.42. The highest BCUT2D eigenvalue weighted by Gasteiger charge is 2.39. The van der Waals surface area contributed by atoms with Crippen molar-refractivity contribution < 1.29 is 19.4 Å². The molecule has 1 fully saturated rings. The molecule has 8 nitrogen and oxygen atoms in total. The summed E-state index contributed by atoms with van der Waals surface area (Å²) in [5.74, 6) is -0.232. The van der Waals surface area contributed by atoms with Crippen LogP contribution in [0.1, 0.15) is 55.3 Å². The Morgan fingerprint density at radius 1 is 1.39 bits per heavy atom. The first-order valence-corrected chi connectivity index (χ1v) is 7.71. The van der Waals surface area contributed by atoms with E-state index in [1.807, 2.05) is 6.92 Å². The van der Waals surface area contributed by atoms with E-state index in [1.54, 1.807) is 0 Å². The largest absolute Gasteiger partial charge is 0.465 e. The van der Waals surface area contributed by atoms with E-state index in [4.69, 9.17) is 4.74 Å². The Morgan fingerprint density at radius 3 is 2.83 bits per heavy atom. The van der Waals surface area contributed by atoms with Crippen molar-refractivity contribution in [2.75, 3.05) is 19.6 Å². The van der Waals surface area contributed by atoms with Gasteiger partial charge in [0.25, 0.3) is 0 Å². The van der Waals surface area contributed by atoms with E-state index < -0.39 is 6.09 Å². The van der Waals surface area contributed by atoms with Crippen molar-refractivity contribution in [3.05, 3.63) is 23.3 Å². The first-order valence-electron chi connectivity index (χ1n) is 7.71. The average Bonchev–Trinajstić information content (AvgIpc) is 2.83. The number of hydrogen-bond acceptors (Lipinski definition) is 6. The number of aromatic nitrogens is 2. The zero-order chi connectivity index (χ0) is 16.6. The van der Waals surface area contributed by atoms with Gasteiger partial charge in [0.15, 0.2) is 0 Å². The third-order valence-electron chi connectivity index (χ3n) is 4.42. The Balaban J connectivity index is 2.00. The lowest BCUT2D eigenvalue weighted by atomic mass is 9.97. The molecule has 1 aliphatic heterocycles. The molecule has 1 aromatic rings. The first-order chi connectivity index (χ1) is 11.0. The number of ether oxygens (including phenoxy) is 1. The van der Waals surface area contributed by atoms with Crippen molar-refractivity contribution in [1.29, 1.82) is 0 Å². The van der Waals surface area contributed by atoms with Crippen molar-refractivity contribution >= 4 is 12.1 Å². The molecule has 3 atom stereocenters. The highest BCUT2D eigenvalue weighted by atomic mass is 16.5. The van der Waals surface area contributed by atoms with Gasteiger partial charge in [0.05, 0.1) is 17.4 Å². The molecule has 1 unspecified atom stereocenters. The molecule has 2 aliphatic rings. The number of rotatable bonds is 2. The lowest BCUT2D eigenvalue weighted by Crippen LogP contribution is -2.48. The molecule has 8 heteroatoms. The molecule has 23 heavy (non-hydrogen) atoms. The summed E-state index contributed by atoms with van der Waals surface area (Å²) in [5, 5.41) is 12.7. The molecule has 124 valence electrons. The molecule has 0 radical (unpaired) electrons. The molecule has 0 bridgehead atoms. The number of carbonyl (C=O) groups excluding carboxylic acids is 1. The van der Waals surface area contributed by atoms with Crippen LogP contribution in [-0.4, -0.2) is 51.7 Å². The highest BCUT2D eigenvalue weighted by molar-refractivity contribution is 5.67. The van der Waals surface area contributed by atoms with Gasteiger partial charge < -0.3 is 15.2 Å². The van der Waals surface area contributed by atoms with Crippen LogP contribution >= 0.6 is 0 Å². The van der Waals surface area contributed by atoms with Gasteiger partial charge in [-0.05, 0) is 12.3 Å².